The molecule has 2 aromatic heterocycles. The van der Waals surface area contributed by atoms with Crippen LogP contribution in [0.2, 0.25) is 0 Å². The van der Waals surface area contributed by atoms with Crippen molar-refractivity contribution >= 4 is 45.9 Å². The Labute approximate surface area is 204 Å². The van der Waals surface area contributed by atoms with E-state index in [1.54, 1.807) is 48.7 Å². The van der Waals surface area contributed by atoms with Gasteiger partial charge in [0.25, 0.3) is 11.5 Å². The number of rotatable bonds is 7. The lowest BCUT2D eigenvalue weighted by Gasteiger charge is -2.13. The van der Waals surface area contributed by atoms with Crippen LogP contribution in [0, 0.1) is 12.7 Å². The van der Waals surface area contributed by atoms with Crippen molar-refractivity contribution < 1.29 is 14.0 Å². The van der Waals surface area contributed by atoms with E-state index in [-0.39, 0.29) is 34.9 Å². The number of benzene rings is 2. The average Bonchev–Trinajstić information content (AvgIpc) is 3.27. The molecule has 0 bridgehead atoms. The van der Waals surface area contributed by atoms with Crippen molar-refractivity contribution in [3.63, 3.8) is 0 Å². The van der Waals surface area contributed by atoms with Crippen LogP contribution in [0.3, 0.4) is 0 Å². The number of anilines is 1. The second-order valence-electron chi connectivity index (χ2n) is 8.30. The molecule has 0 saturated heterocycles. The van der Waals surface area contributed by atoms with Crippen LogP contribution in [0.1, 0.15) is 36.2 Å². The molecule has 35 heavy (non-hydrogen) atoms. The summed E-state index contributed by atoms with van der Waals surface area (Å²) in [4.78, 5) is 38.0. The Hall–Kier alpha value is -3.73. The Morgan fingerprint density at radius 3 is 2.66 bits per heavy atom. The topological polar surface area (TPSA) is 110 Å². The summed E-state index contributed by atoms with van der Waals surface area (Å²) in [7, 11) is 1.59. The van der Waals surface area contributed by atoms with E-state index in [9.17, 15) is 18.8 Å². The lowest BCUT2D eigenvalue weighted by molar-refractivity contribution is -0.113. The number of nitrogens with one attached hydrogen (secondary N) is 2. The Kier molecular flexibility index (Phi) is 6.88. The zero-order valence-electron chi connectivity index (χ0n) is 19.8. The monoisotopic (exact) mass is 496 g/mol. The number of aryl methyl sites for hydroxylation is 2. The van der Waals surface area contributed by atoms with Gasteiger partial charge in [0.1, 0.15) is 5.82 Å². The molecule has 1 atom stereocenters. The van der Waals surface area contributed by atoms with Crippen molar-refractivity contribution in [1.29, 1.82) is 0 Å². The summed E-state index contributed by atoms with van der Waals surface area (Å²) in [6, 6.07) is 9.33. The molecule has 0 radical (unpaired) electrons. The van der Waals surface area contributed by atoms with Gasteiger partial charge in [0.2, 0.25) is 11.7 Å². The van der Waals surface area contributed by atoms with Crippen LogP contribution in [0.15, 0.2) is 46.3 Å². The smallest absolute Gasteiger partial charge is 0.262 e. The van der Waals surface area contributed by atoms with Crippen molar-refractivity contribution in [2.75, 3.05) is 11.1 Å². The van der Waals surface area contributed by atoms with E-state index < -0.39 is 5.82 Å². The summed E-state index contributed by atoms with van der Waals surface area (Å²) in [5.41, 5.74) is 1.44. The third-order valence-corrected chi connectivity index (χ3v) is 6.66. The first-order valence-corrected chi connectivity index (χ1v) is 12.1. The van der Waals surface area contributed by atoms with Crippen LogP contribution in [0.5, 0.6) is 0 Å². The Morgan fingerprint density at radius 2 is 1.94 bits per heavy atom. The van der Waals surface area contributed by atoms with E-state index in [0.29, 0.717) is 32.9 Å². The number of thioether (sulfide) groups is 1. The minimum atomic E-state index is -0.403. The number of carbonyl (C=O) groups is 2. The Bertz CT molecular complexity index is 1510. The van der Waals surface area contributed by atoms with Crippen molar-refractivity contribution in [3.05, 3.63) is 63.7 Å². The minimum Gasteiger partial charge on any atom is -0.350 e. The van der Waals surface area contributed by atoms with Gasteiger partial charge in [-0.15, -0.1) is 10.2 Å². The summed E-state index contributed by atoms with van der Waals surface area (Å²) in [6.45, 7) is 5.53. The maximum absolute atomic E-state index is 13.8. The molecular formula is C24H25FN6O3S. The Balaban J connectivity index is 1.66. The van der Waals surface area contributed by atoms with Gasteiger partial charge in [0, 0.05) is 24.3 Å². The van der Waals surface area contributed by atoms with Crippen molar-refractivity contribution in [3.8, 4) is 0 Å². The highest BCUT2D eigenvalue weighted by atomic mass is 32.2. The number of hydrogen-bond donors (Lipinski definition) is 2. The molecule has 0 unspecified atom stereocenters. The number of amides is 2. The van der Waals surface area contributed by atoms with Crippen molar-refractivity contribution in [2.45, 2.75) is 38.4 Å². The van der Waals surface area contributed by atoms with E-state index in [1.807, 2.05) is 13.8 Å². The summed E-state index contributed by atoms with van der Waals surface area (Å²) < 4.78 is 16.8. The quantitative estimate of drug-likeness (QED) is 0.380. The third-order valence-electron chi connectivity index (χ3n) is 5.73. The second kappa shape index (κ2) is 9.87. The first-order valence-electron chi connectivity index (χ1n) is 11.1. The molecule has 0 spiro atoms. The van der Waals surface area contributed by atoms with Gasteiger partial charge in [-0.25, -0.2) is 4.39 Å². The lowest BCUT2D eigenvalue weighted by atomic mass is 10.1. The fourth-order valence-electron chi connectivity index (χ4n) is 3.50. The van der Waals surface area contributed by atoms with Crippen molar-refractivity contribution in [2.24, 2.45) is 7.05 Å². The van der Waals surface area contributed by atoms with Gasteiger partial charge < -0.3 is 10.6 Å². The van der Waals surface area contributed by atoms with E-state index in [0.717, 1.165) is 18.2 Å². The van der Waals surface area contributed by atoms with Gasteiger partial charge in [-0.1, -0.05) is 24.8 Å². The predicted molar refractivity (Wildman–Crippen MR) is 133 cm³/mol. The molecule has 11 heteroatoms. The Morgan fingerprint density at radius 1 is 1.17 bits per heavy atom. The molecule has 2 aromatic carbocycles. The van der Waals surface area contributed by atoms with E-state index >= 15 is 0 Å². The zero-order valence-corrected chi connectivity index (χ0v) is 20.6. The second-order valence-corrected chi connectivity index (χ2v) is 9.24. The molecule has 2 N–H and O–H groups in total. The molecule has 2 amide bonds. The normalized spacial score (nSPS) is 12.1. The molecule has 2 heterocycles. The fraction of sp³-hybridized carbons (Fsp3) is 0.292. The summed E-state index contributed by atoms with van der Waals surface area (Å²) in [6.07, 6.45) is 0.785. The average molecular weight is 497 g/mol. The van der Waals surface area contributed by atoms with Gasteiger partial charge in [-0.2, -0.15) is 0 Å². The molecule has 0 aliphatic carbocycles. The van der Waals surface area contributed by atoms with Crippen LogP contribution in [-0.4, -0.2) is 42.8 Å². The van der Waals surface area contributed by atoms with Gasteiger partial charge in [-0.05, 0) is 56.2 Å². The first kappa shape index (κ1) is 24.4. The van der Waals surface area contributed by atoms with Crippen LogP contribution >= 0.6 is 11.8 Å². The minimum absolute atomic E-state index is 0.00315. The maximum atomic E-state index is 13.8. The molecule has 0 aliphatic rings. The zero-order chi connectivity index (χ0) is 25.3. The lowest BCUT2D eigenvalue weighted by Crippen LogP contribution is -2.32. The number of aromatic nitrogens is 4. The van der Waals surface area contributed by atoms with Crippen LogP contribution in [-0.2, 0) is 11.8 Å². The van der Waals surface area contributed by atoms with Crippen LogP contribution < -0.4 is 16.2 Å². The molecular weight excluding hydrogens is 471 g/mol. The largest absolute Gasteiger partial charge is 0.350 e. The molecule has 9 nitrogen and oxygen atoms in total. The SMILES string of the molecule is CC[C@H](C)NC(=O)c1ccc2c(=O)n(C)c3nnc(SCC(=O)Nc4ccc(C)c(F)c4)n3c2c1. The number of fused-ring (bicyclic) bond motifs is 3. The van der Waals surface area contributed by atoms with E-state index in [4.69, 9.17) is 0 Å². The highest BCUT2D eigenvalue weighted by Gasteiger charge is 2.18. The molecule has 4 rings (SSSR count). The van der Waals surface area contributed by atoms with Crippen LogP contribution in [0.4, 0.5) is 10.1 Å². The van der Waals surface area contributed by atoms with Gasteiger partial charge in [0.05, 0.1) is 16.7 Å². The fourth-order valence-corrected chi connectivity index (χ4v) is 4.24. The summed E-state index contributed by atoms with van der Waals surface area (Å²) in [5, 5.41) is 14.6. The molecule has 0 fully saturated rings. The molecule has 182 valence electrons. The first-order chi connectivity index (χ1) is 16.7. The van der Waals surface area contributed by atoms with Crippen molar-refractivity contribution in [1.82, 2.24) is 24.5 Å². The predicted octanol–water partition coefficient (Wildman–Crippen LogP) is 3.29. The van der Waals surface area contributed by atoms with Gasteiger partial charge in [-0.3, -0.25) is 23.4 Å². The van der Waals surface area contributed by atoms with E-state index in [2.05, 4.69) is 20.8 Å². The maximum Gasteiger partial charge on any atom is 0.262 e. The molecule has 0 saturated carbocycles. The highest BCUT2D eigenvalue weighted by molar-refractivity contribution is 7.99. The number of carbonyl (C=O) groups excluding carboxylic acids is 2. The van der Waals surface area contributed by atoms with Gasteiger partial charge >= 0.3 is 0 Å². The van der Waals surface area contributed by atoms with Crippen LogP contribution in [0.25, 0.3) is 16.7 Å². The highest BCUT2D eigenvalue weighted by Crippen LogP contribution is 2.23. The number of hydrogen-bond acceptors (Lipinski definition) is 6. The molecule has 0 aliphatic heterocycles. The number of halogens is 1. The third kappa shape index (κ3) is 4.90. The standard InChI is InChI=1S/C24H25FN6O3S/c1-5-14(3)26-21(33)15-7-9-17-19(10-15)31-23(30(4)22(17)34)28-29-24(31)35-12-20(32)27-16-8-6-13(2)18(25)11-16/h6-11,14H,5,12H2,1-4H3,(H,26,33)(H,27,32)/t14-/m0/s1. The molecule has 4 aromatic rings. The van der Waals surface area contributed by atoms with E-state index in [1.165, 1.54) is 10.6 Å². The van der Waals surface area contributed by atoms with Gasteiger partial charge in [0.15, 0.2) is 5.16 Å². The summed E-state index contributed by atoms with van der Waals surface area (Å²) >= 11 is 1.12. The number of nitrogens with zero attached hydrogens (tertiary/aromatic N) is 4. The summed E-state index contributed by atoms with van der Waals surface area (Å²) in [5.74, 6) is -0.737.